The molecule has 0 N–H and O–H groups in total. The maximum Gasteiger partial charge on any atom is 0.264 e. The molecule has 4 nitrogen and oxygen atoms in total. The Morgan fingerprint density at radius 1 is 0.743 bits per heavy atom. The van der Waals surface area contributed by atoms with Crippen LogP contribution in [0.25, 0.3) is 0 Å². The lowest BCUT2D eigenvalue weighted by Crippen LogP contribution is -2.51. The highest BCUT2D eigenvalue weighted by atomic mass is 32.2. The molecular formula is C30H36N2O2S. The Morgan fingerprint density at radius 3 is 2.03 bits per heavy atom. The van der Waals surface area contributed by atoms with E-state index >= 15 is 0 Å². The lowest BCUT2D eigenvalue weighted by Gasteiger charge is -2.45. The van der Waals surface area contributed by atoms with Gasteiger partial charge in [-0.1, -0.05) is 79.6 Å². The van der Waals surface area contributed by atoms with E-state index in [2.05, 4.69) is 35.2 Å². The van der Waals surface area contributed by atoms with Crippen molar-refractivity contribution in [1.29, 1.82) is 0 Å². The summed E-state index contributed by atoms with van der Waals surface area (Å²) in [7, 11) is -3.66. The first kappa shape index (κ1) is 24.1. The highest BCUT2D eigenvalue weighted by molar-refractivity contribution is 7.92. The zero-order valence-electron chi connectivity index (χ0n) is 20.6. The van der Waals surface area contributed by atoms with E-state index < -0.39 is 10.0 Å². The monoisotopic (exact) mass is 488 g/mol. The Morgan fingerprint density at radius 2 is 1.34 bits per heavy atom. The molecule has 2 unspecified atom stereocenters. The van der Waals surface area contributed by atoms with Gasteiger partial charge >= 0.3 is 0 Å². The van der Waals surface area contributed by atoms with Crippen molar-refractivity contribution < 1.29 is 8.42 Å². The van der Waals surface area contributed by atoms with Gasteiger partial charge in [0.25, 0.3) is 10.0 Å². The van der Waals surface area contributed by atoms with Crippen molar-refractivity contribution in [2.24, 2.45) is 0 Å². The maximum atomic E-state index is 13.9. The van der Waals surface area contributed by atoms with Gasteiger partial charge in [-0.2, -0.15) is 0 Å². The number of benzene rings is 3. The van der Waals surface area contributed by atoms with Gasteiger partial charge < -0.3 is 0 Å². The number of para-hydroxylation sites is 1. The Bertz CT molecular complexity index is 1210. The van der Waals surface area contributed by atoms with Gasteiger partial charge in [-0.15, -0.1) is 0 Å². The number of nitrogens with zero attached hydrogens (tertiary/aromatic N) is 2. The fourth-order valence-electron chi connectivity index (χ4n) is 6.13. The maximum absolute atomic E-state index is 13.9. The molecule has 1 aliphatic carbocycles. The van der Waals surface area contributed by atoms with E-state index in [0.29, 0.717) is 16.9 Å². The van der Waals surface area contributed by atoms with Crippen molar-refractivity contribution in [3.8, 4) is 0 Å². The van der Waals surface area contributed by atoms with Crippen LogP contribution >= 0.6 is 0 Å². The first-order valence-electron chi connectivity index (χ1n) is 13.0. The molecule has 0 aromatic heterocycles. The minimum atomic E-state index is -3.66. The Hall–Kier alpha value is -2.63. The predicted octanol–water partition coefficient (Wildman–Crippen LogP) is 6.38. The molecule has 5 rings (SSSR count). The molecule has 1 heterocycles. The molecule has 1 saturated carbocycles. The van der Waals surface area contributed by atoms with Crippen LogP contribution in [0.1, 0.15) is 55.6 Å². The topological polar surface area (TPSA) is 40.6 Å². The first-order valence-corrected chi connectivity index (χ1v) is 14.4. The molecule has 35 heavy (non-hydrogen) atoms. The summed E-state index contributed by atoms with van der Waals surface area (Å²) in [6.07, 6.45) is 6.74. The Labute approximate surface area is 210 Å². The lowest BCUT2D eigenvalue weighted by molar-refractivity contribution is 0.107. The summed E-state index contributed by atoms with van der Waals surface area (Å²) in [5.74, 6) is 0.571. The fraction of sp³-hybridized carbons (Fsp3) is 0.400. The van der Waals surface area contributed by atoms with Crippen LogP contribution in [0.5, 0.6) is 0 Å². The summed E-state index contributed by atoms with van der Waals surface area (Å²) >= 11 is 0. The van der Waals surface area contributed by atoms with E-state index in [1.807, 2.05) is 37.3 Å². The molecule has 3 aromatic carbocycles. The summed E-state index contributed by atoms with van der Waals surface area (Å²) < 4.78 is 29.6. The molecule has 2 aliphatic rings. The van der Waals surface area contributed by atoms with Crippen LogP contribution in [0.2, 0.25) is 0 Å². The molecule has 5 heteroatoms. The van der Waals surface area contributed by atoms with Crippen molar-refractivity contribution in [2.45, 2.75) is 68.3 Å². The molecule has 0 amide bonds. The van der Waals surface area contributed by atoms with Crippen LogP contribution < -0.4 is 4.31 Å². The summed E-state index contributed by atoms with van der Waals surface area (Å²) in [5, 5.41) is 0. The summed E-state index contributed by atoms with van der Waals surface area (Å²) in [6, 6.07) is 28.2. The zero-order valence-corrected chi connectivity index (χ0v) is 21.4. The van der Waals surface area contributed by atoms with Crippen molar-refractivity contribution in [1.82, 2.24) is 4.90 Å². The summed E-state index contributed by atoms with van der Waals surface area (Å²) in [6.45, 7) is 3.88. The highest BCUT2D eigenvalue weighted by Gasteiger charge is 2.38. The number of hydrogen-bond acceptors (Lipinski definition) is 3. The molecule has 2 atom stereocenters. The van der Waals surface area contributed by atoms with Crippen LogP contribution in [0.3, 0.4) is 0 Å². The third-order valence-corrected chi connectivity index (χ3v) is 9.79. The lowest BCUT2D eigenvalue weighted by atomic mass is 9.78. The number of aryl methyl sites for hydroxylation is 1. The van der Waals surface area contributed by atoms with Crippen molar-refractivity contribution in [2.75, 3.05) is 17.4 Å². The second-order valence-corrected chi connectivity index (χ2v) is 11.9. The van der Waals surface area contributed by atoms with Gasteiger partial charge in [0.1, 0.15) is 0 Å². The van der Waals surface area contributed by atoms with Gasteiger partial charge in [-0.25, -0.2) is 8.42 Å². The summed E-state index contributed by atoms with van der Waals surface area (Å²) in [5.41, 5.74) is 3.24. The number of rotatable bonds is 6. The molecule has 0 spiro atoms. The average Bonchev–Trinajstić information content (AvgIpc) is 2.91. The van der Waals surface area contributed by atoms with Crippen LogP contribution in [0, 0.1) is 6.92 Å². The van der Waals surface area contributed by atoms with E-state index in [-0.39, 0.29) is 6.04 Å². The average molecular weight is 489 g/mol. The quantitative estimate of drug-likeness (QED) is 0.404. The molecule has 0 bridgehead atoms. The molecule has 2 fully saturated rings. The van der Waals surface area contributed by atoms with Crippen LogP contribution in [0.4, 0.5) is 5.69 Å². The Balaban J connectivity index is 1.39. The number of anilines is 1. The number of piperidine rings is 1. The van der Waals surface area contributed by atoms with E-state index in [0.717, 1.165) is 37.2 Å². The number of likely N-dealkylation sites (tertiary alicyclic amines) is 1. The van der Waals surface area contributed by atoms with Gasteiger partial charge in [-0.3, -0.25) is 9.21 Å². The van der Waals surface area contributed by atoms with E-state index in [1.54, 1.807) is 28.6 Å². The largest absolute Gasteiger partial charge is 0.300 e. The smallest absolute Gasteiger partial charge is 0.264 e. The highest BCUT2D eigenvalue weighted by Crippen LogP contribution is 2.39. The third-order valence-electron chi connectivity index (χ3n) is 7.91. The van der Waals surface area contributed by atoms with Gasteiger partial charge in [-0.05, 0) is 67.9 Å². The van der Waals surface area contributed by atoms with Crippen molar-refractivity contribution in [3.05, 3.63) is 96.1 Å². The Kier molecular flexibility index (Phi) is 7.26. The van der Waals surface area contributed by atoms with E-state index in [9.17, 15) is 8.42 Å². The SMILES string of the molecule is Cc1ccccc1N(C1CCN(C2CCCCC2c2ccccc2)CC1)S(=O)(=O)c1ccccc1. The molecular weight excluding hydrogens is 452 g/mol. The van der Waals surface area contributed by atoms with E-state index in [4.69, 9.17) is 0 Å². The fourth-order valence-corrected chi connectivity index (χ4v) is 7.92. The van der Waals surface area contributed by atoms with Crippen LogP contribution in [-0.2, 0) is 10.0 Å². The second kappa shape index (κ2) is 10.5. The number of sulfonamides is 1. The van der Waals surface area contributed by atoms with E-state index in [1.165, 1.54) is 31.2 Å². The molecule has 3 aromatic rings. The van der Waals surface area contributed by atoms with Crippen molar-refractivity contribution in [3.63, 3.8) is 0 Å². The van der Waals surface area contributed by atoms with Gasteiger partial charge in [0.2, 0.25) is 0 Å². The van der Waals surface area contributed by atoms with Crippen molar-refractivity contribution >= 4 is 15.7 Å². The predicted molar refractivity (Wildman–Crippen MR) is 143 cm³/mol. The zero-order chi connectivity index (χ0) is 24.3. The van der Waals surface area contributed by atoms with Gasteiger partial charge in [0, 0.05) is 25.2 Å². The van der Waals surface area contributed by atoms with Gasteiger partial charge in [0.15, 0.2) is 0 Å². The molecule has 0 radical (unpaired) electrons. The molecule has 1 aliphatic heterocycles. The molecule has 184 valence electrons. The number of hydrogen-bond donors (Lipinski definition) is 0. The van der Waals surface area contributed by atoms with Crippen LogP contribution in [0.15, 0.2) is 89.8 Å². The molecule has 1 saturated heterocycles. The minimum Gasteiger partial charge on any atom is -0.300 e. The standard InChI is InChI=1S/C30H36N2O2S/c1-24-12-8-10-18-29(24)32(35(33,34)27-15-6-3-7-16-27)26-20-22-31(23-21-26)30-19-11-9-17-28(30)25-13-4-2-5-14-25/h2-8,10,12-16,18,26,28,30H,9,11,17,19-23H2,1H3. The summed E-state index contributed by atoms with van der Waals surface area (Å²) in [4.78, 5) is 3.01. The third kappa shape index (κ3) is 5.03. The normalized spacial score (nSPS) is 22.1. The first-order chi connectivity index (χ1) is 17.1. The minimum absolute atomic E-state index is 0.0451. The van der Waals surface area contributed by atoms with Crippen LogP contribution in [-0.4, -0.2) is 38.5 Å². The second-order valence-electron chi connectivity index (χ2n) is 10.0. The van der Waals surface area contributed by atoms with Gasteiger partial charge in [0.05, 0.1) is 10.6 Å².